The maximum absolute atomic E-state index is 12.6. The minimum atomic E-state index is -4.92. The number of benzene rings is 1. The van der Waals surface area contributed by atoms with Crippen LogP contribution in [0.3, 0.4) is 0 Å². The van der Waals surface area contributed by atoms with Gasteiger partial charge < -0.3 is 10.8 Å². The van der Waals surface area contributed by atoms with Gasteiger partial charge in [-0.25, -0.2) is 0 Å². The van der Waals surface area contributed by atoms with Crippen molar-refractivity contribution in [3.8, 4) is 0 Å². The number of nitrogens with two attached hydrogens (primary N) is 1. The Morgan fingerprint density at radius 2 is 2.00 bits per heavy atom. The quantitative estimate of drug-likeness (QED) is 0.638. The van der Waals surface area contributed by atoms with Gasteiger partial charge in [0.05, 0.1) is 10.5 Å². The predicted octanol–water partition coefficient (Wildman–Crippen LogP) is 1.70. The number of alkyl halides is 3. The number of aliphatic carboxylic acids is 1. The molecule has 0 fully saturated rings. The van der Waals surface area contributed by atoms with Crippen LogP contribution in [0.2, 0.25) is 0 Å². The molecule has 1 aromatic carbocycles. The van der Waals surface area contributed by atoms with E-state index in [0.29, 0.717) is 6.07 Å². The van der Waals surface area contributed by atoms with Gasteiger partial charge in [0, 0.05) is 12.1 Å². The van der Waals surface area contributed by atoms with Crippen molar-refractivity contribution in [1.29, 1.82) is 0 Å². The standard InChI is InChI=1S/C9H7F3N2O4/c10-9(11,12)6-3-4(14(17)18)1-2-5(6)7(13)8(15)16/h1-3,7H,13H2,(H,15,16)/t7-/m0/s1. The van der Waals surface area contributed by atoms with E-state index in [4.69, 9.17) is 10.8 Å². The van der Waals surface area contributed by atoms with Gasteiger partial charge in [-0.2, -0.15) is 13.2 Å². The summed E-state index contributed by atoms with van der Waals surface area (Å²) in [6.45, 7) is 0. The van der Waals surface area contributed by atoms with Gasteiger partial charge in [-0.15, -0.1) is 0 Å². The third-order valence-electron chi connectivity index (χ3n) is 2.15. The zero-order valence-corrected chi connectivity index (χ0v) is 8.64. The SMILES string of the molecule is N[C@H](C(=O)O)c1ccc([N+](=O)[O-])cc1C(F)(F)F. The second-order valence-corrected chi connectivity index (χ2v) is 3.34. The number of carboxylic acid groups (broad SMARTS) is 1. The first-order chi connectivity index (χ1) is 8.14. The normalized spacial score (nSPS) is 13.1. The summed E-state index contributed by atoms with van der Waals surface area (Å²) in [6.07, 6.45) is -4.92. The fourth-order valence-corrected chi connectivity index (χ4v) is 1.31. The van der Waals surface area contributed by atoms with Crippen LogP contribution in [0, 0.1) is 10.1 Å². The molecule has 0 aliphatic rings. The number of nitro groups is 1. The second kappa shape index (κ2) is 4.61. The lowest BCUT2D eigenvalue weighted by Gasteiger charge is -2.15. The monoisotopic (exact) mass is 264 g/mol. The van der Waals surface area contributed by atoms with Crippen LogP contribution < -0.4 is 5.73 Å². The summed E-state index contributed by atoms with van der Waals surface area (Å²) in [5.74, 6) is -1.66. The number of halogens is 3. The number of non-ortho nitro benzene ring substituents is 1. The summed E-state index contributed by atoms with van der Waals surface area (Å²) in [7, 11) is 0. The van der Waals surface area contributed by atoms with Gasteiger partial charge in [0.2, 0.25) is 0 Å². The first-order valence-corrected chi connectivity index (χ1v) is 4.48. The van der Waals surface area contributed by atoms with E-state index in [1.165, 1.54) is 0 Å². The fourth-order valence-electron chi connectivity index (χ4n) is 1.31. The van der Waals surface area contributed by atoms with Crippen molar-refractivity contribution in [1.82, 2.24) is 0 Å². The van der Waals surface area contributed by atoms with Crippen molar-refractivity contribution in [2.24, 2.45) is 5.73 Å². The Hall–Kier alpha value is -2.16. The molecule has 0 saturated heterocycles. The lowest BCUT2D eigenvalue weighted by Crippen LogP contribution is -2.24. The van der Waals surface area contributed by atoms with Crippen LogP contribution in [-0.2, 0) is 11.0 Å². The smallest absolute Gasteiger partial charge is 0.417 e. The second-order valence-electron chi connectivity index (χ2n) is 3.34. The van der Waals surface area contributed by atoms with Crippen LogP contribution in [0.1, 0.15) is 17.2 Å². The van der Waals surface area contributed by atoms with E-state index in [9.17, 15) is 28.1 Å². The van der Waals surface area contributed by atoms with E-state index < -0.39 is 39.9 Å². The van der Waals surface area contributed by atoms with Crippen LogP contribution in [0.4, 0.5) is 18.9 Å². The van der Waals surface area contributed by atoms with E-state index >= 15 is 0 Å². The highest BCUT2D eigenvalue weighted by atomic mass is 19.4. The van der Waals surface area contributed by atoms with Crippen molar-refractivity contribution in [3.05, 3.63) is 39.4 Å². The summed E-state index contributed by atoms with van der Waals surface area (Å²) < 4.78 is 37.9. The molecule has 0 aliphatic heterocycles. The maximum Gasteiger partial charge on any atom is 0.417 e. The number of nitro benzene ring substituents is 1. The van der Waals surface area contributed by atoms with E-state index in [1.807, 2.05) is 0 Å². The number of nitrogens with zero attached hydrogens (tertiary/aromatic N) is 1. The molecule has 18 heavy (non-hydrogen) atoms. The molecule has 0 radical (unpaired) electrons. The van der Waals surface area contributed by atoms with Gasteiger partial charge in [0.25, 0.3) is 5.69 Å². The zero-order chi connectivity index (χ0) is 14.1. The minimum Gasteiger partial charge on any atom is -0.480 e. The fraction of sp³-hybridized carbons (Fsp3) is 0.222. The van der Waals surface area contributed by atoms with Crippen molar-refractivity contribution >= 4 is 11.7 Å². The number of hydrogen-bond acceptors (Lipinski definition) is 4. The molecule has 6 nitrogen and oxygen atoms in total. The molecular formula is C9H7F3N2O4. The molecule has 0 bridgehead atoms. The van der Waals surface area contributed by atoms with Gasteiger partial charge >= 0.3 is 12.1 Å². The molecule has 0 spiro atoms. The Bertz CT molecular complexity index is 501. The summed E-state index contributed by atoms with van der Waals surface area (Å²) in [5.41, 5.74) is 2.16. The van der Waals surface area contributed by atoms with Crippen LogP contribution in [0.5, 0.6) is 0 Å². The largest absolute Gasteiger partial charge is 0.480 e. The molecule has 0 unspecified atom stereocenters. The molecule has 0 aliphatic carbocycles. The summed E-state index contributed by atoms with van der Waals surface area (Å²) in [6, 6.07) is -0.173. The molecular weight excluding hydrogens is 257 g/mol. The van der Waals surface area contributed by atoms with Crippen molar-refractivity contribution in [2.75, 3.05) is 0 Å². The average Bonchev–Trinajstić information content (AvgIpc) is 2.25. The van der Waals surface area contributed by atoms with Crippen LogP contribution in [0.15, 0.2) is 18.2 Å². The molecule has 1 aromatic rings. The number of carboxylic acids is 1. The van der Waals surface area contributed by atoms with Crippen molar-refractivity contribution in [3.63, 3.8) is 0 Å². The molecule has 98 valence electrons. The highest BCUT2D eigenvalue weighted by Gasteiger charge is 2.37. The highest BCUT2D eigenvalue weighted by Crippen LogP contribution is 2.36. The molecule has 0 saturated carbocycles. The first-order valence-electron chi connectivity index (χ1n) is 4.48. The highest BCUT2D eigenvalue weighted by molar-refractivity contribution is 5.76. The van der Waals surface area contributed by atoms with E-state index in [1.54, 1.807) is 0 Å². The number of rotatable bonds is 3. The van der Waals surface area contributed by atoms with E-state index in [-0.39, 0.29) is 6.07 Å². The number of carbonyl (C=O) groups is 1. The van der Waals surface area contributed by atoms with Crippen LogP contribution >= 0.6 is 0 Å². The number of hydrogen-bond donors (Lipinski definition) is 2. The Morgan fingerprint density at radius 1 is 1.44 bits per heavy atom. The van der Waals surface area contributed by atoms with Crippen LogP contribution in [-0.4, -0.2) is 16.0 Å². The third kappa shape index (κ3) is 2.74. The van der Waals surface area contributed by atoms with Gasteiger partial charge in [-0.1, -0.05) is 0 Å². The average molecular weight is 264 g/mol. The van der Waals surface area contributed by atoms with E-state index in [0.717, 1.165) is 6.07 Å². The Labute approximate surface area is 98.0 Å². The van der Waals surface area contributed by atoms with Crippen LogP contribution in [0.25, 0.3) is 0 Å². The Kier molecular flexibility index (Phi) is 3.56. The van der Waals surface area contributed by atoms with Crippen molar-refractivity contribution in [2.45, 2.75) is 12.2 Å². The summed E-state index contributed by atoms with van der Waals surface area (Å²) >= 11 is 0. The molecule has 0 heterocycles. The molecule has 3 N–H and O–H groups in total. The predicted molar refractivity (Wildman–Crippen MR) is 52.7 cm³/mol. The molecule has 0 amide bonds. The van der Waals surface area contributed by atoms with Gasteiger partial charge in [-0.3, -0.25) is 14.9 Å². The Morgan fingerprint density at radius 3 is 2.39 bits per heavy atom. The van der Waals surface area contributed by atoms with E-state index in [2.05, 4.69) is 0 Å². The minimum absolute atomic E-state index is 0.262. The third-order valence-corrected chi connectivity index (χ3v) is 2.15. The van der Waals surface area contributed by atoms with Gasteiger partial charge in [0.1, 0.15) is 6.04 Å². The lowest BCUT2D eigenvalue weighted by atomic mass is 10.00. The lowest BCUT2D eigenvalue weighted by molar-refractivity contribution is -0.385. The summed E-state index contributed by atoms with van der Waals surface area (Å²) in [4.78, 5) is 19.9. The molecule has 0 aromatic heterocycles. The zero-order valence-electron chi connectivity index (χ0n) is 8.64. The molecule has 9 heteroatoms. The maximum atomic E-state index is 12.6. The summed E-state index contributed by atoms with van der Waals surface area (Å²) in [5, 5.41) is 19.0. The van der Waals surface area contributed by atoms with Crippen molar-refractivity contribution < 1.29 is 28.0 Å². The topological polar surface area (TPSA) is 106 Å². The first kappa shape index (κ1) is 13.9. The molecule has 1 atom stereocenters. The van der Waals surface area contributed by atoms with Gasteiger partial charge in [-0.05, 0) is 11.6 Å². The molecule has 1 rings (SSSR count). The Balaban J connectivity index is 3.44. The van der Waals surface area contributed by atoms with Gasteiger partial charge in [0.15, 0.2) is 0 Å².